The Hall–Kier alpha value is -3.14. The van der Waals surface area contributed by atoms with Gasteiger partial charge in [0.05, 0.1) is 24.2 Å². The number of rotatable bonds is 8. The van der Waals surface area contributed by atoms with Crippen LogP contribution in [0.5, 0.6) is 5.88 Å². The summed E-state index contributed by atoms with van der Waals surface area (Å²) in [5, 5.41) is 0. The molecule has 2 aromatic carbocycles. The molecule has 1 aromatic heterocycles. The van der Waals surface area contributed by atoms with E-state index in [1.54, 1.807) is 12.1 Å². The summed E-state index contributed by atoms with van der Waals surface area (Å²) in [4.78, 5) is 11.3. The van der Waals surface area contributed by atoms with Gasteiger partial charge in [-0.2, -0.15) is 0 Å². The second kappa shape index (κ2) is 10.6. The number of hydrogen-bond acceptors (Lipinski definition) is 6. The Bertz CT molecular complexity index is 1040. The van der Waals surface area contributed by atoms with Crippen molar-refractivity contribution in [1.82, 2.24) is 14.9 Å². The van der Waals surface area contributed by atoms with Gasteiger partial charge in [-0.25, -0.2) is 9.97 Å². The van der Waals surface area contributed by atoms with Crippen LogP contribution in [0.25, 0.3) is 11.0 Å². The fourth-order valence-electron chi connectivity index (χ4n) is 2.68. The smallest absolute Gasteiger partial charge is 0.249 e. The van der Waals surface area contributed by atoms with Gasteiger partial charge < -0.3 is 20.1 Å². The predicted octanol–water partition coefficient (Wildman–Crippen LogP) is 3.27. The van der Waals surface area contributed by atoms with Crippen molar-refractivity contribution in [3.63, 3.8) is 0 Å². The molecule has 0 aliphatic carbocycles. The van der Waals surface area contributed by atoms with Gasteiger partial charge in [0, 0.05) is 30.8 Å². The molecule has 1 heterocycles. The molecule has 0 atom stereocenters. The molecule has 0 aliphatic rings. The Balaban J connectivity index is 1.73. The normalized spacial score (nSPS) is 10.8. The van der Waals surface area contributed by atoms with E-state index in [1.165, 1.54) is 5.56 Å². The maximum absolute atomic E-state index is 5.91. The van der Waals surface area contributed by atoms with Crippen molar-refractivity contribution in [2.24, 2.45) is 0 Å². The Kier molecular flexibility index (Phi) is 7.61. The second-order valence-electron chi connectivity index (χ2n) is 7.36. The first-order valence-electron chi connectivity index (χ1n) is 10.0. The number of nitrogen functional groups attached to an aromatic ring is 1. The number of nitrogens with zero attached hydrogens (tertiary/aromatic N) is 3. The summed E-state index contributed by atoms with van der Waals surface area (Å²) < 4.78 is 11.5. The molecule has 0 spiro atoms. The van der Waals surface area contributed by atoms with Crippen molar-refractivity contribution in [1.29, 1.82) is 0 Å². The van der Waals surface area contributed by atoms with Gasteiger partial charge in [0.15, 0.2) is 5.69 Å². The fourth-order valence-corrected chi connectivity index (χ4v) is 2.68. The largest absolute Gasteiger partial charge is 0.476 e. The first-order chi connectivity index (χ1) is 14.5. The van der Waals surface area contributed by atoms with Crippen LogP contribution >= 0.6 is 0 Å². The van der Waals surface area contributed by atoms with E-state index in [0.717, 1.165) is 24.0 Å². The molecule has 6 heteroatoms. The van der Waals surface area contributed by atoms with Crippen LogP contribution < -0.4 is 10.5 Å². The van der Waals surface area contributed by atoms with Crippen molar-refractivity contribution in [3.8, 4) is 17.7 Å². The molecule has 156 valence electrons. The molecule has 2 N–H and O–H groups in total. The van der Waals surface area contributed by atoms with Crippen LogP contribution in [0.2, 0.25) is 0 Å². The topological polar surface area (TPSA) is 73.5 Å². The molecule has 0 unspecified atom stereocenters. The van der Waals surface area contributed by atoms with E-state index in [-0.39, 0.29) is 0 Å². The average Bonchev–Trinajstić information content (AvgIpc) is 2.72. The minimum atomic E-state index is 0.431. The van der Waals surface area contributed by atoms with Gasteiger partial charge in [0.2, 0.25) is 5.88 Å². The number of aryl methyl sites for hydroxylation is 1. The van der Waals surface area contributed by atoms with Crippen LogP contribution in [0.1, 0.15) is 23.2 Å². The third-order valence-corrected chi connectivity index (χ3v) is 4.39. The van der Waals surface area contributed by atoms with Gasteiger partial charge >= 0.3 is 0 Å². The zero-order chi connectivity index (χ0) is 21.3. The lowest BCUT2D eigenvalue weighted by Gasteiger charge is -2.11. The monoisotopic (exact) mass is 404 g/mol. The third-order valence-electron chi connectivity index (χ3n) is 4.39. The van der Waals surface area contributed by atoms with Gasteiger partial charge in [0.25, 0.3) is 0 Å². The minimum absolute atomic E-state index is 0.431. The molecule has 0 saturated carbocycles. The van der Waals surface area contributed by atoms with Crippen molar-refractivity contribution in [2.45, 2.75) is 13.3 Å². The standard InChI is InChI=1S/C24H28N4O2/c1-18-5-7-19(8-6-18)9-11-22-24(30-15-4-14-29-16-13-28(2)3)27-21-12-10-20(25)17-23(21)26-22/h5-8,10,12,17H,4,13-16,25H2,1-3H3. The molecule has 0 amide bonds. The fraction of sp³-hybridized carbons (Fsp3) is 0.333. The summed E-state index contributed by atoms with van der Waals surface area (Å²) in [7, 11) is 4.05. The second-order valence-corrected chi connectivity index (χ2v) is 7.36. The summed E-state index contributed by atoms with van der Waals surface area (Å²) in [6.07, 6.45) is 0.764. The lowest BCUT2D eigenvalue weighted by Crippen LogP contribution is -2.18. The van der Waals surface area contributed by atoms with E-state index >= 15 is 0 Å². The van der Waals surface area contributed by atoms with Crippen LogP contribution in [0.15, 0.2) is 42.5 Å². The highest BCUT2D eigenvalue weighted by Gasteiger charge is 2.09. The highest BCUT2D eigenvalue weighted by Crippen LogP contribution is 2.20. The van der Waals surface area contributed by atoms with E-state index in [4.69, 9.17) is 15.2 Å². The third kappa shape index (κ3) is 6.45. The Morgan fingerprint density at radius 1 is 0.933 bits per heavy atom. The van der Waals surface area contributed by atoms with Gasteiger partial charge in [0.1, 0.15) is 0 Å². The van der Waals surface area contributed by atoms with Crippen molar-refractivity contribution in [2.75, 3.05) is 46.2 Å². The first-order valence-corrected chi connectivity index (χ1v) is 10.0. The number of nitrogens with two attached hydrogens (primary N) is 1. The highest BCUT2D eigenvalue weighted by atomic mass is 16.5. The number of benzene rings is 2. The number of fused-ring (bicyclic) bond motifs is 1. The van der Waals surface area contributed by atoms with E-state index in [0.29, 0.717) is 42.6 Å². The van der Waals surface area contributed by atoms with E-state index in [1.807, 2.05) is 51.4 Å². The summed E-state index contributed by atoms with van der Waals surface area (Å²) in [6, 6.07) is 13.5. The molecule has 0 fully saturated rings. The van der Waals surface area contributed by atoms with E-state index < -0.39 is 0 Å². The summed E-state index contributed by atoms with van der Waals surface area (Å²) in [6.45, 7) is 4.77. The summed E-state index contributed by atoms with van der Waals surface area (Å²) in [5.74, 6) is 6.68. The summed E-state index contributed by atoms with van der Waals surface area (Å²) >= 11 is 0. The van der Waals surface area contributed by atoms with Gasteiger partial charge in [-0.15, -0.1) is 0 Å². The molecule has 0 saturated heterocycles. The van der Waals surface area contributed by atoms with Gasteiger partial charge in [-0.3, -0.25) is 0 Å². The highest BCUT2D eigenvalue weighted by molar-refractivity contribution is 5.79. The molecule has 0 aliphatic heterocycles. The molecule has 0 radical (unpaired) electrons. The predicted molar refractivity (Wildman–Crippen MR) is 121 cm³/mol. The van der Waals surface area contributed by atoms with Crippen LogP contribution in [0, 0.1) is 18.8 Å². The number of anilines is 1. The Morgan fingerprint density at radius 2 is 1.73 bits per heavy atom. The lowest BCUT2D eigenvalue weighted by molar-refractivity contribution is 0.105. The lowest BCUT2D eigenvalue weighted by atomic mass is 10.1. The maximum Gasteiger partial charge on any atom is 0.249 e. The number of ether oxygens (including phenoxy) is 2. The zero-order valence-electron chi connectivity index (χ0n) is 17.8. The van der Waals surface area contributed by atoms with Crippen LogP contribution in [0.3, 0.4) is 0 Å². The summed E-state index contributed by atoms with van der Waals surface area (Å²) in [5.41, 5.74) is 10.6. The quantitative estimate of drug-likeness (QED) is 0.353. The van der Waals surface area contributed by atoms with Crippen LogP contribution in [-0.4, -0.2) is 55.3 Å². The van der Waals surface area contributed by atoms with E-state index in [2.05, 4.69) is 26.7 Å². The molecular weight excluding hydrogens is 376 g/mol. The van der Waals surface area contributed by atoms with E-state index in [9.17, 15) is 0 Å². The molecule has 3 aromatic rings. The van der Waals surface area contributed by atoms with Crippen molar-refractivity contribution < 1.29 is 9.47 Å². The molecule has 3 rings (SSSR count). The molecule has 6 nitrogen and oxygen atoms in total. The average molecular weight is 405 g/mol. The maximum atomic E-state index is 5.91. The van der Waals surface area contributed by atoms with Crippen LogP contribution in [0.4, 0.5) is 5.69 Å². The number of hydrogen-bond donors (Lipinski definition) is 1. The van der Waals surface area contributed by atoms with Crippen molar-refractivity contribution >= 4 is 16.7 Å². The van der Waals surface area contributed by atoms with Gasteiger partial charge in [-0.1, -0.05) is 23.6 Å². The Morgan fingerprint density at radius 3 is 2.50 bits per heavy atom. The zero-order valence-corrected chi connectivity index (χ0v) is 17.8. The SMILES string of the molecule is Cc1ccc(C#Cc2nc3cc(N)ccc3nc2OCCCOCCN(C)C)cc1. The molecule has 30 heavy (non-hydrogen) atoms. The minimum Gasteiger partial charge on any atom is -0.476 e. The van der Waals surface area contributed by atoms with Crippen molar-refractivity contribution in [3.05, 3.63) is 59.3 Å². The van der Waals surface area contributed by atoms with Crippen LogP contribution in [-0.2, 0) is 4.74 Å². The number of aromatic nitrogens is 2. The molecular formula is C24H28N4O2. The molecule has 0 bridgehead atoms. The first kappa shape index (κ1) is 21.6. The Labute approximate surface area is 178 Å². The number of likely N-dealkylation sites (N-methyl/N-ethyl adjacent to an activating group) is 1. The van der Waals surface area contributed by atoms with Gasteiger partial charge in [-0.05, 0) is 57.3 Å².